The van der Waals surface area contributed by atoms with Gasteiger partial charge < -0.3 is 9.84 Å². The Morgan fingerprint density at radius 3 is 2.41 bits per heavy atom. The second-order valence-corrected chi connectivity index (χ2v) is 7.73. The number of carbonyl (C=O) groups is 2. The standard InChI is InChI=1S/C26H20ClNO4/c1-17(29)28-15-20(13-24(26(30)31)19-7-9-21(27)10-8-19)23-14-22(11-12-25(23)28)32-16-18-5-3-2-4-6-18/h2-15H,16H2,1H3,(H,30,31)/b24-13+. The van der Waals surface area contributed by atoms with Gasteiger partial charge in [0, 0.05) is 29.1 Å². The van der Waals surface area contributed by atoms with Crippen LogP contribution in [0.3, 0.4) is 0 Å². The third-order valence-corrected chi connectivity index (χ3v) is 5.33. The lowest BCUT2D eigenvalue weighted by Crippen LogP contribution is -2.03. The summed E-state index contributed by atoms with van der Waals surface area (Å²) in [6.07, 6.45) is 3.21. The summed E-state index contributed by atoms with van der Waals surface area (Å²) in [5, 5.41) is 11.1. The average molecular weight is 446 g/mol. The van der Waals surface area contributed by atoms with Crippen molar-refractivity contribution in [1.29, 1.82) is 0 Å². The summed E-state index contributed by atoms with van der Waals surface area (Å²) in [6, 6.07) is 21.8. The summed E-state index contributed by atoms with van der Waals surface area (Å²) in [7, 11) is 0. The number of halogens is 1. The summed E-state index contributed by atoms with van der Waals surface area (Å²) in [5.74, 6) is -0.621. The third-order valence-electron chi connectivity index (χ3n) is 5.08. The van der Waals surface area contributed by atoms with Gasteiger partial charge in [-0.1, -0.05) is 54.1 Å². The number of nitrogens with zero attached hydrogens (tertiary/aromatic N) is 1. The zero-order valence-electron chi connectivity index (χ0n) is 17.3. The summed E-state index contributed by atoms with van der Waals surface area (Å²) >= 11 is 5.94. The van der Waals surface area contributed by atoms with Gasteiger partial charge in [-0.05, 0) is 47.5 Å². The van der Waals surface area contributed by atoms with Crippen LogP contribution in [0.25, 0.3) is 22.6 Å². The highest BCUT2D eigenvalue weighted by Crippen LogP contribution is 2.30. The van der Waals surface area contributed by atoms with Crippen molar-refractivity contribution in [1.82, 2.24) is 4.57 Å². The molecule has 3 aromatic carbocycles. The van der Waals surface area contributed by atoms with Crippen molar-refractivity contribution in [2.24, 2.45) is 0 Å². The highest BCUT2D eigenvalue weighted by molar-refractivity contribution is 6.30. The first-order valence-corrected chi connectivity index (χ1v) is 10.3. The van der Waals surface area contributed by atoms with E-state index in [9.17, 15) is 14.7 Å². The van der Waals surface area contributed by atoms with E-state index in [4.69, 9.17) is 16.3 Å². The molecular formula is C26H20ClNO4. The van der Waals surface area contributed by atoms with Crippen LogP contribution < -0.4 is 4.74 Å². The molecule has 0 radical (unpaired) electrons. The number of hydrogen-bond donors (Lipinski definition) is 1. The number of rotatable bonds is 6. The maximum Gasteiger partial charge on any atom is 0.336 e. The lowest BCUT2D eigenvalue weighted by molar-refractivity contribution is -0.130. The zero-order valence-corrected chi connectivity index (χ0v) is 18.0. The molecule has 0 spiro atoms. The number of fused-ring (bicyclic) bond motifs is 1. The second-order valence-electron chi connectivity index (χ2n) is 7.30. The van der Waals surface area contributed by atoms with E-state index in [0.29, 0.717) is 34.0 Å². The molecule has 4 rings (SSSR count). The average Bonchev–Trinajstić information content (AvgIpc) is 3.15. The number of hydrogen-bond acceptors (Lipinski definition) is 3. The molecule has 4 aromatic rings. The molecular weight excluding hydrogens is 426 g/mol. The molecule has 0 unspecified atom stereocenters. The molecule has 32 heavy (non-hydrogen) atoms. The number of carboxylic acids is 1. The molecule has 0 aliphatic carbocycles. The fourth-order valence-corrected chi connectivity index (χ4v) is 3.62. The molecule has 1 aromatic heterocycles. The number of benzene rings is 3. The van der Waals surface area contributed by atoms with E-state index < -0.39 is 5.97 Å². The topological polar surface area (TPSA) is 68.5 Å². The highest BCUT2D eigenvalue weighted by Gasteiger charge is 2.15. The van der Waals surface area contributed by atoms with Gasteiger partial charge >= 0.3 is 5.97 Å². The first-order valence-electron chi connectivity index (χ1n) is 9.96. The van der Waals surface area contributed by atoms with Gasteiger partial charge in [0.05, 0.1) is 11.1 Å². The van der Waals surface area contributed by atoms with Crippen molar-refractivity contribution in [2.75, 3.05) is 0 Å². The largest absolute Gasteiger partial charge is 0.489 e. The quantitative estimate of drug-likeness (QED) is 0.361. The first kappa shape index (κ1) is 21.4. The second kappa shape index (κ2) is 9.12. The van der Waals surface area contributed by atoms with Gasteiger partial charge in [0.2, 0.25) is 5.91 Å². The van der Waals surface area contributed by atoms with Crippen molar-refractivity contribution < 1.29 is 19.4 Å². The van der Waals surface area contributed by atoms with Gasteiger partial charge in [0.25, 0.3) is 0 Å². The van der Waals surface area contributed by atoms with E-state index in [1.54, 1.807) is 48.7 Å². The van der Waals surface area contributed by atoms with Crippen LogP contribution in [0.2, 0.25) is 5.02 Å². The van der Waals surface area contributed by atoms with Crippen LogP contribution in [0.15, 0.2) is 79.0 Å². The number of aromatic nitrogens is 1. The lowest BCUT2D eigenvalue weighted by Gasteiger charge is -2.07. The van der Waals surface area contributed by atoms with Crippen LogP contribution in [0.5, 0.6) is 5.75 Å². The van der Waals surface area contributed by atoms with Gasteiger partial charge in [-0.3, -0.25) is 9.36 Å². The van der Waals surface area contributed by atoms with Gasteiger partial charge in [-0.2, -0.15) is 0 Å². The summed E-state index contributed by atoms with van der Waals surface area (Å²) in [6.45, 7) is 1.86. The van der Waals surface area contributed by atoms with Gasteiger partial charge in [0.1, 0.15) is 12.4 Å². The first-order chi connectivity index (χ1) is 15.4. The molecule has 5 nitrogen and oxygen atoms in total. The highest BCUT2D eigenvalue weighted by atomic mass is 35.5. The van der Waals surface area contributed by atoms with Crippen molar-refractivity contribution in [3.05, 3.63) is 101 Å². The monoisotopic (exact) mass is 445 g/mol. The molecule has 0 saturated heterocycles. The van der Waals surface area contributed by atoms with E-state index in [1.807, 2.05) is 36.4 Å². The fourth-order valence-electron chi connectivity index (χ4n) is 3.49. The molecule has 0 bridgehead atoms. The van der Waals surface area contributed by atoms with Crippen LogP contribution in [0.4, 0.5) is 0 Å². The van der Waals surface area contributed by atoms with Crippen molar-refractivity contribution >= 4 is 46.0 Å². The van der Waals surface area contributed by atoms with Gasteiger partial charge in [-0.15, -0.1) is 0 Å². The minimum absolute atomic E-state index is 0.0971. The minimum atomic E-state index is -1.08. The van der Waals surface area contributed by atoms with E-state index in [0.717, 1.165) is 10.9 Å². The normalized spacial score (nSPS) is 11.5. The Bertz CT molecular complexity index is 1320. The summed E-state index contributed by atoms with van der Waals surface area (Å²) in [5.41, 5.74) is 2.93. The molecule has 160 valence electrons. The molecule has 0 amide bonds. The number of carbonyl (C=O) groups excluding carboxylic acids is 1. The van der Waals surface area contributed by atoms with Crippen LogP contribution in [0, 0.1) is 0 Å². The zero-order chi connectivity index (χ0) is 22.7. The lowest BCUT2D eigenvalue weighted by atomic mass is 10.0. The Morgan fingerprint density at radius 2 is 1.75 bits per heavy atom. The van der Waals surface area contributed by atoms with Crippen molar-refractivity contribution in [2.45, 2.75) is 13.5 Å². The van der Waals surface area contributed by atoms with E-state index in [2.05, 4.69) is 0 Å². The Morgan fingerprint density at radius 1 is 1.03 bits per heavy atom. The third kappa shape index (κ3) is 4.58. The molecule has 6 heteroatoms. The predicted octanol–water partition coefficient (Wildman–Crippen LogP) is 6.16. The fraction of sp³-hybridized carbons (Fsp3) is 0.0769. The molecule has 1 heterocycles. The van der Waals surface area contributed by atoms with Crippen molar-refractivity contribution in [3.8, 4) is 5.75 Å². The minimum Gasteiger partial charge on any atom is -0.489 e. The van der Waals surface area contributed by atoms with Crippen LogP contribution in [0.1, 0.15) is 28.4 Å². The molecule has 0 saturated carbocycles. The number of ether oxygens (including phenoxy) is 1. The Hall–Kier alpha value is -3.83. The van der Waals surface area contributed by atoms with E-state index >= 15 is 0 Å². The smallest absolute Gasteiger partial charge is 0.336 e. The number of aliphatic carboxylic acids is 1. The van der Waals surface area contributed by atoms with Gasteiger partial charge in [-0.25, -0.2) is 4.79 Å². The SMILES string of the molecule is CC(=O)n1cc(/C=C(/C(=O)O)c2ccc(Cl)cc2)c2cc(OCc3ccccc3)ccc21. The molecule has 0 atom stereocenters. The summed E-state index contributed by atoms with van der Waals surface area (Å²) < 4.78 is 7.43. The molecule has 0 aliphatic heterocycles. The molecule has 1 N–H and O–H groups in total. The van der Waals surface area contributed by atoms with Crippen LogP contribution >= 0.6 is 11.6 Å². The maximum atomic E-state index is 12.2. The molecule has 0 aliphatic rings. The van der Waals surface area contributed by atoms with Crippen LogP contribution in [-0.2, 0) is 11.4 Å². The Labute approximate surface area is 190 Å². The predicted molar refractivity (Wildman–Crippen MR) is 126 cm³/mol. The Balaban J connectivity index is 1.78. The van der Waals surface area contributed by atoms with Gasteiger partial charge in [0.15, 0.2) is 0 Å². The van der Waals surface area contributed by atoms with Crippen LogP contribution in [-0.4, -0.2) is 21.6 Å². The van der Waals surface area contributed by atoms with E-state index in [-0.39, 0.29) is 11.5 Å². The Kier molecular flexibility index (Phi) is 6.10. The summed E-state index contributed by atoms with van der Waals surface area (Å²) in [4.78, 5) is 24.2. The number of carboxylic acid groups (broad SMARTS) is 1. The van der Waals surface area contributed by atoms with Crippen molar-refractivity contribution in [3.63, 3.8) is 0 Å². The molecule has 0 fully saturated rings. The maximum absolute atomic E-state index is 12.2. The van der Waals surface area contributed by atoms with E-state index in [1.165, 1.54) is 11.5 Å².